The van der Waals surface area contributed by atoms with Crippen molar-refractivity contribution < 1.29 is 0 Å². The van der Waals surface area contributed by atoms with E-state index in [9.17, 15) is 4.79 Å². The number of fused-ring (bicyclic) bond motifs is 1. The summed E-state index contributed by atoms with van der Waals surface area (Å²) in [5, 5.41) is 0. The number of likely N-dealkylation sites (N-methyl/N-ethyl adjacent to an activating group) is 1. The summed E-state index contributed by atoms with van der Waals surface area (Å²) in [7, 11) is 2.11. The second-order valence-electron chi connectivity index (χ2n) is 6.59. The van der Waals surface area contributed by atoms with Gasteiger partial charge in [-0.25, -0.2) is 4.98 Å². The predicted molar refractivity (Wildman–Crippen MR) is 101 cm³/mol. The lowest BCUT2D eigenvalue weighted by molar-refractivity contribution is 0.311. The summed E-state index contributed by atoms with van der Waals surface area (Å²) in [5.41, 5.74) is 2.86. The van der Waals surface area contributed by atoms with Gasteiger partial charge in [0.05, 0.1) is 17.6 Å². The van der Waals surface area contributed by atoms with Crippen LogP contribution in [0.3, 0.4) is 0 Å². The van der Waals surface area contributed by atoms with E-state index in [2.05, 4.69) is 29.0 Å². The van der Waals surface area contributed by atoms with Crippen molar-refractivity contribution in [2.24, 2.45) is 0 Å². The Labute approximate surface area is 147 Å². The summed E-state index contributed by atoms with van der Waals surface area (Å²) >= 11 is 0. The van der Waals surface area contributed by atoms with Crippen molar-refractivity contribution in [1.82, 2.24) is 14.5 Å². The van der Waals surface area contributed by atoms with Gasteiger partial charge in [0.25, 0.3) is 5.56 Å². The molecule has 0 spiro atoms. The third-order valence-corrected chi connectivity index (χ3v) is 4.82. The topological polar surface area (TPSA) is 41.4 Å². The quantitative estimate of drug-likeness (QED) is 0.736. The molecule has 0 bridgehead atoms. The first-order chi connectivity index (χ1) is 12.2. The molecule has 0 radical (unpaired) electrons. The van der Waals surface area contributed by atoms with Crippen LogP contribution in [0.2, 0.25) is 0 Å². The number of nitrogens with zero attached hydrogens (tertiary/aromatic N) is 4. The molecule has 0 atom stereocenters. The number of hydrogen-bond donors (Lipinski definition) is 0. The monoisotopic (exact) mass is 334 g/mol. The van der Waals surface area contributed by atoms with Gasteiger partial charge in [0.2, 0.25) is 0 Å². The molecule has 1 aliphatic heterocycles. The number of piperazine rings is 1. The highest BCUT2D eigenvalue weighted by Crippen LogP contribution is 2.17. The van der Waals surface area contributed by atoms with Crippen molar-refractivity contribution >= 4 is 16.9 Å². The van der Waals surface area contributed by atoms with Crippen LogP contribution in [-0.4, -0.2) is 47.7 Å². The summed E-state index contributed by atoms with van der Waals surface area (Å²) in [4.78, 5) is 22.3. The van der Waals surface area contributed by atoms with E-state index in [4.69, 9.17) is 4.98 Å². The zero-order chi connectivity index (χ0) is 17.2. The Morgan fingerprint density at radius 1 is 0.920 bits per heavy atom. The van der Waals surface area contributed by atoms with Crippen molar-refractivity contribution in [2.75, 3.05) is 38.1 Å². The van der Waals surface area contributed by atoms with Crippen molar-refractivity contribution in [2.45, 2.75) is 6.54 Å². The average Bonchev–Trinajstić information content (AvgIpc) is 2.65. The van der Waals surface area contributed by atoms with Crippen molar-refractivity contribution in [1.29, 1.82) is 0 Å². The van der Waals surface area contributed by atoms with Crippen LogP contribution >= 0.6 is 0 Å². The summed E-state index contributed by atoms with van der Waals surface area (Å²) in [5.74, 6) is 0.572. The molecule has 0 amide bonds. The lowest BCUT2D eigenvalue weighted by atomic mass is 10.2. The molecule has 2 aromatic carbocycles. The first-order valence-electron chi connectivity index (χ1n) is 8.69. The smallest absolute Gasteiger partial charge is 0.294 e. The van der Waals surface area contributed by atoms with Gasteiger partial charge >= 0.3 is 0 Å². The van der Waals surface area contributed by atoms with Gasteiger partial charge in [-0.3, -0.25) is 9.36 Å². The predicted octanol–water partition coefficient (Wildman–Crippen LogP) is 2.20. The normalized spacial score (nSPS) is 15.6. The largest absolute Gasteiger partial charge is 0.349 e. The summed E-state index contributed by atoms with van der Waals surface area (Å²) < 4.78 is 1.85. The number of rotatable bonds is 3. The fourth-order valence-electron chi connectivity index (χ4n) is 3.33. The van der Waals surface area contributed by atoms with Crippen molar-refractivity contribution in [3.05, 3.63) is 70.5 Å². The molecule has 0 aliphatic carbocycles. The third kappa shape index (κ3) is 3.15. The first kappa shape index (κ1) is 15.8. The second kappa shape index (κ2) is 6.69. The van der Waals surface area contributed by atoms with Crippen LogP contribution in [0, 0.1) is 0 Å². The maximum absolute atomic E-state index is 13.2. The summed E-state index contributed by atoms with van der Waals surface area (Å²) in [6, 6.07) is 18.0. The Bertz CT molecular complexity index is 927. The Morgan fingerprint density at radius 2 is 1.60 bits per heavy atom. The van der Waals surface area contributed by atoms with Gasteiger partial charge in [-0.2, -0.15) is 0 Å². The number of benzene rings is 2. The average molecular weight is 334 g/mol. The molecule has 4 rings (SSSR count). The fraction of sp³-hybridized carbons (Fsp3) is 0.300. The zero-order valence-electron chi connectivity index (χ0n) is 14.4. The Kier molecular flexibility index (Phi) is 4.24. The van der Waals surface area contributed by atoms with Gasteiger partial charge in [0, 0.05) is 26.2 Å². The Morgan fingerprint density at radius 3 is 2.36 bits per heavy atom. The summed E-state index contributed by atoms with van der Waals surface area (Å²) in [6.45, 7) is 4.13. The maximum atomic E-state index is 13.2. The minimum Gasteiger partial charge on any atom is -0.349 e. The van der Waals surface area contributed by atoms with Crippen LogP contribution in [-0.2, 0) is 6.54 Å². The van der Waals surface area contributed by atoms with E-state index >= 15 is 0 Å². The van der Waals surface area contributed by atoms with Gasteiger partial charge in [-0.15, -0.1) is 0 Å². The highest BCUT2D eigenvalue weighted by atomic mass is 16.1. The molecule has 1 fully saturated rings. The third-order valence-electron chi connectivity index (χ3n) is 4.82. The second-order valence-corrected chi connectivity index (χ2v) is 6.59. The molecule has 128 valence electrons. The Balaban J connectivity index is 1.82. The molecule has 5 nitrogen and oxygen atoms in total. The molecule has 1 saturated heterocycles. The fourth-order valence-corrected chi connectivity index (χ4v) is 3.33. The minimum atomic E-state index is -0.00731. The van der Waals surface area contributed by atoms with Gasteiger partial charge < -0.3 is 9.80 Å². The van der Waals surface area contributed by atoms with E-state index in [0.717, 1.165) is 42.8 Å². The highest BCUT2D eigenvalue weighted by molar-refractivity contribution is 5.76. The summed E-state index contributed by atoms with van der Waals surface area (Å²) in [6.07, 6.45) is 0. The van der Waals surface area contributed by atoms with Gasteiger partial charge in [0.1, 0.15) is 0 Å². The van der Waals surface area contributed by atoms with E-state index < -0.39 is 0 Å². The maximum Gasteiger partial charge on any atom is 0.294 e. The molecular weight excluding hydrogens is 312 g/mol. The molecule has 2 heterocycles. The zero-order valence-corrected chi connectivity index (χ0v) is 14.4. The number of hydrogen-bond acceptors (Lipinski definition) is 4. The van der Waals surface area contributed by atoms with Gasteiger partial charge in [0.15, 0.2) is 5.82 Å². The standard InChI is InChI=1S/C20H22N4O/c1-22-11-13-23(14-12-22)19-20(25)24(15-16-7-3-2-4-8-16)18-10-6-5-9-17(18)21-19/h2-10H,11-15H2,1H3. The molecule has 1 aromatic heterocycles. The van der Waals surface area contributed by atoms with Gasteiger partial charge in [-0.1, -0.05) is 42.5 Å². The van der Waals surface area contributed by atoms with E-state index in [1.807, 2.05) is 47.0 Å². The minimum absolute atomic E-state index is 0.00731. The highest BCUT2D eigenvalue weighted by Gasteiger charge is 2.20. The van der Waals surface area contributed by atoms with Crippen LogP contribution in [0.5, 0.6) is 0 Å². The van der Waals surface area contributed by atoms with E-state index in [1.165, 1.54) is 0 Å². The molecule has 25 heavy (non-hydrogen) atoms. The lowest BCUT2D eigenvalue weighted by Gasteiger charge is -2.33. The van der Waals surface area contributed by atoms with E-state index in [0.29, 0.717) is 12.4 Å². The van der Waals surface area contributed by atoms with Crippen LogP contribution < -0.4 is 10.5 Å². The van der Waals surface area contributed by atoms with Crippen LogP contribution in [0.4, 0.5) is 5.82 Å². The molecular formula is C20H22N4O. The number of anilines is 1. The first-order valence-corrected chi connectivity index (χ1v) is 8.69. The molecule has 0 N–H and O–H groups in total. The lowest BCUT2D eigenvalue weighted by Crippen LogP contribution is -2.47. The molecule has 1 aliphatic rings. The van der Waals surface area contributed by atoms with Crippen LogP contribution in [0.25, 0.3) is 11.0 Å². The van der Waals surface area contributed by atoms with Crippen molar-refractivity contribution in [3.63, 3.8) is 0 Å². The number of aromatic nitrogens is 2. The van der Waals surface area contributed by atoms with Gasteiger partial charge in [-0.05, 0) is 24.7 Å². The van der Waals surface area contributed by atoms with Crippen LogP contribution in [0.15, 0.2) is 59.4 Å². The molecule has 3 aromatic rings. The molecule has 0 unspecified atom stereocenters. The number of para-hydroxylation sites is 2. The van der Waals surface area contributed by atoms with E-state index in [-0.39, 0.29) is 5.56 Å². The van der Waals surface area contributed by atoms with Crippen LogP contribution in [0.1, 0.15) is 5.56 Å². The molecule has 5 heteroatoms. The molecule has 0 saturated carbocycles. The Hall–Kier alpha value is -2.66. The van der Waals surface area contributed by atoms with Crippen molar-refractivity contribution in [3.8, 4) is 0 Å². The van der Waals surface area contributed by atoms with E-state index in [1.54, 1.807) is 0 Å². The SMILES string of the molecule is CN1CCN(c2nc3ccccc3n(Cc3ccccc3)c2=O)CC1.